The molecule has 0 saturated heterocycles. The van der Waals surface area contributed by atoms with E-state index in [1.54, 1.807) is 24.3 Å². The first-order valence-corrected chi connectivity index (χ1v) is 9.90. The molecule has 2 bridgehead atoms. The first kappa shape index (κ1) is 18.6. The van der Waals surface area contributed by atoms with Crippen LogP contribution < -0.4 is 0 Å². The minimum absolute atomic E-state index is 0.0274. The number of rotatable bonds is 6. The van der Waals surface area contributed by atoms with Crippen molar-refractivity contribution in [3.05, 3.63) is 71.3 Å². The quantitative estimate of drug-likeness (QED) is 0.558. The summed E-state index contributed by atoms with van der Waals surface area (Å²) in [6.07, 6.45) is 2.84. The van der Waals surface area contributed by atoms with Crippen LogP contribution in [-0.2, 0) is 9.53 Å². The van der Waals surface area contributed by atoms with Crippen LogP contribution in [-0.4, -0.2) is 24.1 Å². The van der Waals surface area contributed by atoms with Gasteiger partial charge in [-0.25, -0.2) is 0 Å². The zero-order valence-corrected chi connectivity index (χ0v) is 16.0. The molecule has 0 N–H and O–H groups in total. The Labute approximate surface area is 164 Å². The Morgan fingerprint density at radius 1 is 0.857 bits per heavy atom. The number of ketones is 2. The van der Waals surface area contributed by atoms with E-state index in [1.165, 1.54) is 0 Å². The molecular weight excluding hydrogens is 352 g/mol. The van der Waals surface area contributed by atoms with E-state index in [-0.39, 0.29) is 35.9 Å². The molecule has 2 aromatic carbocycles. The molecule has 4 nitrogen and oxygen atoms in total. The number of hydrogen-bond donors (Lipinski definition) is 0. The molecule has 0 unspecified atom stereocenters. The molecule has 2 saturated carbocycles. The SMILES string of the molecule is Cc1ccc(C(=O)COC(=O)[C@@H]2[C@H]3CC[C@@H](C3)[C@H]2C(=O)c2ccccc2)cc1. The topological polar surface area (TPSA) is 60.4 Å². The summed E-state index contributed by atoms with van der Waals surface area (Å²) in [5, 5.41) is 0. The van der Waals surface area contributed by atoms with Crippen LogP contribution >= 0.6 is 0 Å². The first-order chi connectivity index (χ1) is 13.5. The Morgan fingerprint density at radius 3 is 2.18 bits per heavy atom. The van der Waals surface area contributed by atoms with Crippen molar-refractivity contribution in [1.82, 2.24) is 0 Å². The maximum absolute atomic E-state index is 13.1. The highest BCUT2D eigenvalue weighted by Crippen LogP contribution is 2.53. The van der Waals surface area contributed by atoms with E-state index in [4.69, 9.17) is 4.74 Å². The molecule has 0 aromatic heterocycles. The van der Waals surface area contributed by atoms with E-state index in [0.29, 0.717) is 11.1 Å². The summed E-state index contributed by atoms with van der Waals surface area (Å²) in [7, 11) is 0. The van der Waals surface area contributed by atoms with Gasteiger partial charge in [-0.1, -0.05) is 60.2 Å². The molecule has 0 amide bonds. The first-order valence-electron chi connectivity index (χ1n) is 9.90. The van der Waals surface area contributed by atoms with Gasteiger partial charge in [-0.05, 0) is 38.0 Å². The molecule has 2 aliphatic rings. The van der Waals surface area contributed by atoms with Gasteiger partial charge in [0.15, 0.2) is 18.2 Å². The summed E-state index contributed by atoms with van der Waals surface area (Å²) in [6.45, 7) is 1.68. The Kier molecular flexibility index (Phi) is 5.12. The molecule has 0 aliphatic heterocycles. The van der Waals surface area contributed by atoms with E-state index in [9.17, 15) is 14.4 Å². The highest BCUT2D eigenvalue weighted by Gasteiger charge is 2.54. The number of Topliss-reactive ketones (excluding diaryl/α,β-unsaturated/α-hetero) is 2. The van der Waals surface area contributed by atoms with E-state index in [1.807, 2.05) is 37.3 Å². The van der Waals surface area contributed by atoms with Crippen molar-refractivity contribution in [2.24, 2.45) is 23.7 Å². The molecule has 2 fully saturated rings. The highest BCUT2D eigenvalue weighted by molar-refractivity contribution is 6.01. The normalized spacial score (nSPS) is 25.5. The summed E-state index contributed by atoms with van der Waals surface area (Å²) >= 11 is 0. The van der Waals surface area contributed by atoms with Crippen molar-refractivity contribution in [3.8, 4) is 0 Å². The number of ether oxygens (including phenoxy) is 1. The largest absolute Gasteiger partial charge is 0.457 e. The van der Waals surface area contributed by atoms with Crippen LogP contribution in [0.1, 0.15) is 45.5 Å². The lowest BCUT2D eigenvalue weighted by Crippen LogP contribution is -2.36. The number of carbonyl (C=O) groups excluding carboxylic acids is 3. The highest BCUT2D eigenvalue weighted by atomic mass is 16.5. The van der Waals surface area contributed by atoms with Gasteiger partial charge in [0.05, 0.1) is 5.92 Å². The summed E-state index contributed by atoms with van der Waals surface area (Å²) in [5.41, 5.74) is 2.25. The van der Waals surface area contributed by atoms with Gasteiger partial charge >= 0.3 is 5.97 Å². The standard InChI is InChI=1S/C24H24O4/c1-15-7-9-16(10-8-15)20(25)14-28-24(27)22-19-12-11-18(13-19)21(22)23(26)17-5-3-2-4-6-17/h2-10,18-19,21-22H,11-14H2,1H3/t18-,19-,21+,22+/m0/s1. The molecule has 0 radical (unpaired) electrons. The molecule has 4 rings (SSSR count). The van der Waals surface area contributed by atoms with E-state index in [2.05, 4.69) is 0 Å². The van der Waals surface area contributed by atoms with Crippen molar-refractivity contribution in [1.29, 1.82) is 0 Å². The average Bonchev–Trinajstić information content (AvgIpc) is 3.34. The molecule has 144 valence electrons. The van der Waals surface area contributed by atoms with E-state index >= 15 is 0 Å². The van der Waals surface area contributed by atoms with Crippen molar-refractivity contribution in [2.45, 2.75) is 26.2 Å². The molecule has 4 atom stereocenters. The summed E-state index contributed by atoms with van der Waals surface area (Å²) in [6, 6.07) is 16.4. The predicted octanol–water partition coefficient (Wildman–Crippen LogP) is 4.27. The molecular formula is C24H24O4. The number of aryl methyl sites for hydroxylation is 1. The van der Waals surface area contributed by atoms with Crippen LogP contribution in [0.2, 0.25) is 0 Å². The summed E-state index contributed by atoms with van der Waals surface area (Å²) < 4.78 is 5.40. The van der Waals surface area contributed by atoms with E-state index < -0.39 is 11.9 Å². The minimum Gasteiger partial charge on any atom is -0.457 e. The second-order valence-electron chi connectivity index (χ2n) is 8.01. The van der Waals surface area contributed by atoms with Gasteiger partial charge in [-0.2, -0.15) is 0 Å². The average molecular weight is 376 g/mol. The maximum atomic E-state index is 13.1. The van der Waals surface area contributed by atoms with Gasteiger partial charge in [0.1, 0.15) is 0 Å². The molecule has 0 spiro atoms. The Morgan fingerprint density at radius 2 is 1.50 bits per heavy atom. The van der Waals surface area contributed by atoms with Crippen molar-refractivity contribution < 1.29 is 19.1 Å². The second kappa shape index (κ2) is 7.70. The molecule has 0 heterocycles. The minimum atomic E-state index is -0.433. The lowest BCUT2D eigenvalue weighted by molar-refractivity contribution is -0.150. The number of carbonyl (C=O) groups is 3. The molecule has 28 heavy (non-hydrogen) atoms. The molecule has 2 aliphatic carbocycles. The lowest BCUT2D eigenvalue weighted by atomic mass is 9.75. The lowest BCUT2D eigenvalue weighted by Gasteiger charge is -2.28. The summed E-state index contributed by atoms with van der Waals surface area (Å²) in [4.78, 5) is 38.2. The van der Waals surface area contributed by atoms with Crippen molar-refractivity contribution in [2.75, 3.05) is 6.61 Å². The smallest absolute Gasteiger partial charge is 0.310 e. The van der Waals surface area contributed by atoms with Gasteiger partial charge in [-0.3, -0.25) is 14.4 Å². The van der Waals surface area contributed by atoms with Crippen molar-refractivity contribution >= 4 is 17.5 Å². The van der Waals surface area contributed by atoms with Crippen LogP contribution in [0.4, 0.5) is 0 Å². The number of benzene rings is 2. The van der Waals surface area contributed by atoms with Gasteiger partial charge in [0, 0.05) is 17.0 Å². The van der Waals surface area contributed by atoms with Gasteiger partial charge in [-0.15, -0.1) is 0 Å². The molecule has 2 aromatic rings. The van der Waals surface area contributed by atoms with E-state index in [0.717, 1.165) is 24.8 Å². The fraction of sp³-hybridized carbons (Fsp3) is 0.375. The predicted molar refractivity (Wildman–Crippen MR) is 105 cm³/mol. The number of hydrogen-bond acceptors (Lipinski definition) is 4. The third-order valence-electron chi connectivity index (χ3n) is 6.27. The van der Waals surface area contributed by atoms with Crippen LogP contribution in [0, 0.1) is 30.6 Å². The van der Waals surface area contributed by atoms with Crippen LogP contribution in [0.25, 0.3) is 0 Å². The third kappa shape index (κ3) is 3.51. The Bertz CT molecular complexity index is 885. The fourth-order valence-corrected chi connectivity index (χ4v) is 4.86. The number of fused-ring (bicyclic) bond motifs is 2. The van der Waals surface area contributed by atoms with Crippen LogP contribution in [0.15, 0.2) is 54.6 Å². The van der Waals surface area contributed by atoms with Crippen LogP contribution in [0.5, 0.6) is 0 Å². The fourth-order valence-electron chi connectivity index (χ4n) is 4.86. The maximum Gasteiger partial charge on any atom is 0.310 e. The van der Waals surface area contributed by atoms with Crippen LogP contribution in [0.3, 0.4) is 0 Å². The second-order valence-corrected chi connectivity index (χ2v) is 8.01. The monoisotopic (exact) mass is 376 g/mol. The van der Waals surface area contributed by atoms with Gasteiger partial charge < -0.3 is 4.74 Å². The van der Waals surface area contributed by atoms with Gasteiger partial charge in [0.2, 0.25) is 0 Å². The number of esters is 1. The summed E-state index contributed by atoms with van der Waals surface area (Å²) in [5.74, 6) is -0.933. The Hall–Kier alpha value is -2.75. The zero-order valence-electron chi connectivity index (χ0n) is 16.0. The van der Waals surface area contributed by atoms with Crippen molar-refractivity contribution in [3.63, 3.8) is 0 Å². The Balaban J connectivity index is 1.45. The zero-order chi connectivity index (χ0) is 19.7. The third-order valence-corrected chi connectivity index (χ3v) is 6.27. The molecule has 4 heteroatoms. The van der Waals surface area contributed by atoms with Gasteiger partial charge in [0.25, 0.3) is 0 Å².